The van der Waals surface area contributed by atoms with Gasteiger partial charge in [0.05, 0.1) is 0 Å². The highest BCUT2D eigenvalue weighted by molar-refractivity contribution is 6.03. The first kappa shape index (κ1) is 12.6. The van der Waals surface area contributed by atoms with E-state index in [0.29, 0.717) is 12.8 Å². The Balaban J connectivity index is 2.35. The number of benzene rings is 1. The molecule has 0 aliphatic carbocycles. The zero-order valence-corrected chi connectivity index (χ0v) is 10.8. The van der Waals surface area contributed by atoms with Gasteiger partial charge in [-0.1, -0.05) is 25.1 Å². The van der Waals surface area contributed by atoms with Gasteiger partial charge in [-0.2, -0.15) is 0 Å². The first-order valence-corrected chi connectivity index (χ1v) is 6.30. The minimum Gasteiger partial charge on any atom is -0.357 e. The summed E-state index contributed by atoms with van der Waals surface area (Å²) in [7, 11) is 1.60. The molecule has 0 fully saturated rings. The lowest BCUT2D eigenvalue weighted by Crippen LogP contribution is -2.47. The summed E-state index contributed by atoms with van der Waals surface area (Å²) in [5, 5.41) is 2.64. The highest BCUT2D eigenvalue weighted by atomic mass is 16.2. The van der Waals surface area contributed by atoms with E-state index >= 15 is 0 Å². The summed E-state index contributed by atoms with van der Waals surface area (Å²) in [6.45, 7) is 1.97. The first-order chi connectivity index (χ1) is 8.69. The van der Waals surface area contributed by atoms with E-state index in [-0.39, 0.29) is 11.8 Å². The molecule has 96 valence electrons. The van der Waals surface area contributed by atoms with E-state index in [0.717, 1.165) is 17.7 Å². The van der Waals surface area contributed by atoms with Crippen LogP contribution in [0.4, 0.5) is 5.69 Å². The number of likely N-dealkylation sites (N-methyl/N-ethyl adjacent to an activating group) is 1. The number of carbonyl (C=O) groups excluding carboxylic acids is 2. The largest absolute Gasteiger partial charge is 0.357 e. The van der Waals surface area contributed by atoms with Crippen molar-refractivity contribution in [2.45, 2.75) is 32.2 Å². The monoisotopic (exact) mass is 246 g/mol. The van der Waals surface area contributed by atoms with Gasteiger partial charge in [0.15, 0.2) is 0 Å². The fraction of sp³-hybridized carbons (Fsp3) is 0.429. The van der Waals surface area contributed by atoms with E-state index in [1.54, 1.807) is 11.9 Å². The summed E-state index contributed by atoms with van der Waals surface area (Å²) in [4.78, 5) is 25.7. The maximum Gasteiger partial charge on any atom is 0.243 e. The molecule has 1 N–H and O–H groups in total. The smallest absolute Gasteiger partial charge is 0.243 e. The minimum atomic E-state index is -0.397. The van der Waals surface area contributed by atoms with Crippen molar-refractivity contribution in [2.75, 3.05) is 11.9 Å². The number of fused-ring (bicyclic) bond motifs is 1. The Morgan fingerprint density at radius 3 is 2.78 bits per heavy atom. The molecular formula is C14H18N2O2. The predicted octanol–water partition coefficient (Wildman–Crippen LogP) is 1.49. The molecule has 0 radical (unpaired) electrons. The van der Waals surface area contributed by atoms with Gasteiger partial charge >= 0.3 is 0 Å². The highest BCUT2D eigenvalue weighted by Gasteiger charge is 2.37. The molecule has 18 heavy (non-hydrogen) atoms. The van der Waals surface area contributed by atoms with Gasteiger partial charge in [-0.3, -0.25) is 14.5 Å². The van der Waals surface area contributed by atoms with E-state index in [2.05, 4.69) is 5.32 Å². The molecule has 4 nitrogen and oxygen atoms in total. The van der Waals surface area contributed by atoms with Crippen LogP contribution in [-0.2, 0) is 16.0 Å². The van der Waals surface area contributed by atoms with Crippen molar-refractivity contribution < 1.29 is 9.59 Å². The van der Waals surface area contributed by atoms with Gasteiger partial charge in [-0.25, -0.2) is 0 Å². The fourth-order valence-corrected chi connectivity index (χ4v) is 2.40. The van der Waals surface area contributed by atoms with Crippen molar-refractivity contribution in [3.8, 4) is 0 Å². The van der Waals surface area contributed by atoms with E-state index in [9.17, 15) is 9.59 Å². The molecule has 0 saturated carbocycles. The molecule has 1 heterocycles. The van der Waals surface area contributed by atoms with Crippen LogP contribution in [0.5, 0.6) is 0 Å². The summed E-state index contributed by atoms with van der Waals surface area (Å²) < 4.78 is 0. The summed E-state index contributed by atoms with van der Waals surface area (Å²) in [6, 6.07) is 7.33. The third kappa shape index (κ3) is 2.10. The maximum atomic E-state index is 12.2. The molecule has 1 aliphatic heterocycles. The van der Waals surface area contributed by atoms with Crippen LogP contribution in [0.1, 0.15) is 25.3 Å². The van der Waals surface area contributed by atoms with Crippen molar-refractivity contribution in [1.29, 1.82) is 0 Å². The molecular weight excluding hydrogens is 228 g/mol. The standard InChI is InChI=1S/C14H18N2O2/c1-3-6-13(17)16-11-8-5-4-7-10(11)9-12(16)14(18)15-2/h4-5,7-8,12H,3,6,9H2,1-2H3,(H,15,18). The number of hydrogen-bond acceptors (Lipinski definition) is 2. The van der Waals surface area contributed by atoms with Crippen LogP contribution < -0.4 is 10.2 Å². The van der Waals surface area contributed by atoms with Crippen molar-refractivity contribution >= 4 is 17.5 Å². The van der Waals surface area contributed by atoms with Gasteiger partial charge in [-0.05, 0) is 18.1 Å². The number of carbonyl (C=O) groups is 2. The minimum absolute atomic E-state index is 0.0241. The number of hydrogen-bond donors (Lipinski definition) is 1. The second-order valence-corrected chi connectivity index (χ2v) is 4.48. The quantitative estimate of drug-likeness (QED) is 0.878. The Morgan fingerprint density at radius 1 is 1.39 bits per heavy atom. The average molecular weight is 246 g/mol. The molecule has 4 heteroatoms. The Kier molecular flexibility index (Phi) is 3.65. The van der Waals surface area contributed by atoms with Crippen molar-refractivity contribution in [3.05, 3.63) is 29.8 Å². The number of para-hydroxylation sites is 1. The van der Waals surface area contributed by atoms with Crippen LogP contribution in [0.3, 0.4) is 0 Å². The SMILES string of the molecule is CCCC(=O)N1c2ccccc2CC1C(=O)NC. The van der Waals surface area contributed by atoms with Gasteiger partial charge in [-0.15, -0.1) is 0 Å². The van der Waals surface area contributed by atoms with Crippen LogP contribution in [0.25, 0.3) is 0 Å². The normalized spacial score (nSPS) is 17.4. The van der Waals surface area contributed by atoms with E-state index < -0.39 is 6.04 Å². The Hall–Kier alpha value is -1.84. The van der Waals surface area contributed by atoms with Gasteiger partial charge in [0.2, 0.25) is 11.8 Å². The summed E-state index contributed by atoms with van der Waals surface area (Å²) in [5.41, 5.74) is 1.94. The van der Waals surface area contributed by atoms with Crippen molar-refractivity contribution in [2.24, 2.45) is 0 Å². The highest BCUT2D eigenvalue weighted by Crippen LogP contribution is 2.32. The first-order valence-electron chi connectivity index (χ1n) is 6.30. The van der Waals surface area contributed by atoms with E-state index in [1.807, 2.05) is 31.2 Å². The third-order valence-electron chi connectivity index (χ3n) is 3.26. The molecule has 1 atom stereocenters. The summed E-state index contributed by atoms with van der Waals surface area (Å²) >= 11 is 0. The van der Waals surface area contributed by atoms with Gasteiger partial charge in [0.25, 0.3) is 0 Å². The third-order valence-corrected chi connectivity index (χ3v) is 3.26. The van der Waals surface area contributed by atoms with Crippen LogP contribution in [0, 0.1) is 0 Å². The Bertz CT molecular complexity index is 471. The zero-order valence-electron chi connectivity index (χ0n) is 10.8. The summed E-state index contributed by atoms with van der Waals surface area (Å²) in [5.74, 6) is -0.0771. The lowest BCUT2D eigenvalue weighted by Gasteiger charge is -2.24. The molecule has 1 aromatic carbocycles. The van der Waals surface area contributed by atoms with Crippen LogP contribution in [0.2, 0.25) is 0 Å². The lowest BCUT2D eigenvalue weighted by atomic mass is 10.1. The van der Waals surface area contributed by atoms with E-state index in [1.165, 1.54) is 0 Å². The molecule has 1 aromatic rings. The van der Waals surface area contributed by atoms with Crippen LogP contribution in [0.15, 0.2) is 24.3 Å². The second-order valence-electron chi connectivity index (χ2n) is 4.48. The molecule has 0 spiro atoms. The Labute approximate surface area is 107 Å². The number of rotatable bonds is 3. The fourth-order valence-electron chi connectivity index (χ4n) is 2.40. The summed E-state index contributed by atoms with van der Waals surface area (Å²) in [6.07, 6.45) is 1.87. The van der Waals surface area contributed by atoms with Crippen molar-refractivity contribution in [3.63, 3.8) is 0 Å². The average Bonchev–Trinajstić information content (AvgIpc) is 2.77. The Morgan fingerprint density at radius 2 is 2.11 bits per heavy atom. The lowest BCUT2D eigenvalue weighted by molar-refractivity contribution is -0.125. The molecule has 2 rings (SSSR count). The predicted molar refractivity (Wildman–Crippen MR) is 70.4 cm³/mol. The molecule has 0 aromatic heterocycles. The molecule has 1 unspecified atom stereocenters. The van der Waals surface area contributed by atoms with Crippen LogP contribution >= 0.6 is 0 Å². The number of nitrogens with one attached hydrogen (secondary N) is 1. The molecule has 1 aliphatic rings. The molecule has 0 saturated heterocycles. The number of amides is 2. The molecule has 2 amide bonds. The van der Waals surface area contributed by atoms with Crippen molar-refractivity contribution in [1.82, 2.24) is 5.32 Å². The number of nitrogens with zero attached hydrogens (tertiary/aromatic N) is 1. The number of anilines is 1. The second kappa shape index (κ2) is 5.21. The van der Waals surface area contributed by atoms with E-state index in [4.69, 9.17) is 0 Å². The maximum absolute atomic E-state index is 12.2. The van der Waals surface area contributed by atoms with Gasteiger partial charge in [0.1, 0.15) is 6.04 Å². The molecule has 0 bridgehead atoms. The zero-order chi connectivity index (χ0) is 13.1. The van der Waals surface area contributed by atoms with Crippen LogP contribution in [-0.4, -0.2) is 24.9 Å². The van der Waals surface area contributed by atoms with Gasteiger partial charge in [0, 0.05) is 25.6 Å². The van der Waals surface area contributed by atoms with Gasteiger partial charge < -0.3 is 5.32 Å². The topological polar surface area (TPSA) is 49.4 Å².